The first kappa shape index (κ1) is 13.9. The molecule has 0 amide bonds. The van der Waals surface area contributed by atoms with E-state index in [0.29, 0.717) is 11.8 Å². The quantitative estimate of drug-likeness (QED) is 0.718. The number of hydrogen-bond acceptors (Lipinski definition) is 0. The van der Waals surface area contributed by atoms with Gasteiger partial charge in [-0.3, -0.25) is 0 Å². The molecule has 0 saturated heterocycles. The molecule has 19 heavy (non-hydrogen) atoms. The minimum Gasteiger partial charge on any atom is -0.324 e. The van der Waals surface area contributed by atoms with Crippen LogP contribution in [0.2, 0.25) is 0 Å². The van der Waals surface area contributed by atoms with Gasteiger partial charge in [-0.05, 0) is 54.0 Å². The van der Waals surface area contributed by atoms with Crippen molar-refractivity contribution in [1.82, 2.24) is 4.57 Å². The summed E-state index contributed by atoms with van der Waals surface area (Å²) in [6.07, 6.45) is 6.55. The third-order valence-electron chi connectivity index (χ3n) is 3.30. The van der Waals surface area contributed by atoms with Crippen molar-refractivity contribution in [3.63, 3.8) is 0 Å². The Morgan fingerprint density at radius 2 is 1.53 bits per heavy atom. The van der Waals surface area contributed by atoms with E-state index in [4.69, 9.17) is 0 Å². The summed E-state index contributed by atoms with van der Waals surface area (Å²) in [6, 6.07) is 11.1. The summed E-state index contributed by atoms with van der Waals surface area (Å²) in [7, 11) is 0. The molecule has 0 aliphatic carbocycles. The smallest absolute Gasteiger partial charge is 0.0481 e. The molecule has 1 nitrogen and oxygen atoms in total. The normalized spacial score (nSPS) is 11.5. The highest BCUT2D eigenvalue weighted by Crippen LogP contribution is 2.22. The lowest BCUT2D eigenvalue weighted by Gasteiger charge is -2.15. The summed E-state index contributed by atoms with van der Waals surface area (Å²) in [5, 5.41) is 0. The lowest BCUT2D eigenvalue weighted by atomic mass is 9.95. The van der Waals surface area contributed by atoms with E-state index in [1.54, 1.807) is 0 Å². The fourth-order valence-corrected chi connectivity index (χ4v) is 2.59. The molecule has 0 atom stereocenters. The highest BCUT2D eigenvalue weighted by Gasteiger charge is 2.08. The van der Waals surface area contributed by atoms with Gasteiger partial charge in [0, 0.05) is 18.1 Å². The average Bonchev–Trinajstić information content (AvgIpc) is 2.81. The molecule has 102 valence electrons. The minimum atomic E-state index is 0.684. The van der Waals surface area contributed by atoms with Crippen LogP contribution < -0.4 is 0 Å². The maximum atomic E-state index is 2.40. The summed E-state index contributed by atoms with van der Waals surface area (Å²) in [4.78, 5) is 0. The van der Waals surface area contributed by atoms with Crippen molar-refractivity contribution in [3.8, 4) is 5.69 Å². The van der Waals surface area contributed by atoms with Crippen LogP contribution in [0.1, 0.15) is 38.8 Å². The molecule has 1 aromatic heterocycles. The van der Waals surface area contributed by atoms with Crippen molar-refractivity contribution < 1.29 is 0 Å². The standard InChI is InChI=1S/C18H25N/c1-14(2)11-16-7-8-18(19-9-5-6-10-19)17(13-16)12-15(3)4/h5-10,13-15H,11-12H2,1-4H3. The van der Waals surface area contributed by atoms with Crippen LogP contribution in [0, 0.1) is 11.8 Å². The zero-order valence-corrected chi connectivity index (χ0v) is 12.6. The van der Waals surface area contributed by atoms with Gasteiger partial charge < -0.3 is 4.57 Å². The fraction of sp³-hybridized carbons (Fsp3) is 0.444. The Morgan fingerprint density at radius 3 is 2.11 bits per heavy atom. The SMILES string of the molecule is CC(C)Cc1ccc(-n2cccc2)c(CC(C)C)c1. The first-order valence-electron chi connectivity index (χ1n) is 7.31. The summed E-state index contributed by atoms with van der Waals surface area (Å²) >= 11 is 0. The first-order valence-corrected chi connectivity index (χ1v) is 7.31. The van der Waals surface area contributed by atoms with Gasteiger partial charge >= 0.3 is 0 Å². The predicted octanol–water partition coefficient (Wildman–Crippen LogP) is 4.87. The van der Waals surface area contributed by atoms with E-state index in [2.05, 4.69) is 75.0 Å². The van der Waals surface area contributed by atoms with Crippen LogP contribution in [0.15, 0.2) is 42.7 Å². The monoisotopic (exact) mass is 255 g/mol. The Balaban J connectivity index is 2.37. The van der Waals surface area contributed by atoms with Gasteiger partial charge in [-0.1, -0.05) is 39.8 Å². The highest BCUT2D eigenvalue weighted by molar-refractivity contribution is 5.44. The molecule has 0 aliphatic rings. The largest absolute Gasteiger partial charge is 0.324 e. The maximum absolute atomic E-state index is 2.40. The van der Waals surface area contributed by atoms with Crippen molar-refractivity contribution in [2.75, 3.05) is 0 Å². The van der Waals surface area contributed by atoms with Crippen LogP contribution in [0.25, 0.3) is 5.69 Å². The van der Waals surface area contributed by atoms with Gasteiger partial charge in [0.25, 0.3) is 0 Å². The van der Waals surface area contributed by atoms with Crippen LogP contribution in [0.3, 0.4) is 0 Å². The lowest BCUT2D eigenvalue weighted by molar-refractivity contribution is 0.634. The molecule has 1 heteroatoms. The molecule has 0 N–H and O–H groups in total. The van der Waals surface area contributed by atoms with E-state index in [9.17, 15) is 0 Å². The predicted molar refractivity (Wildman–Crippen MR) is 82.9 cm³/mol. The van der Waals surface area contributed by atoms with Crippen molar-refractivity contribution >= 4 is 0 Å². The van der Waals surface area contributed by atoms with Gasteiger partial charge in [0.15, 0.2) is 0 Å². The summed E-state index contributed by atoms with van der Waals surface area (Å²) in [5.74, 6) is 1.40. The third-order valence-corrected chi connectivity index (χ3v) is 3.30. The number of benzene rings is 1. The van der Waals surface area contributed by atoms with Crippen LogP contribution >= 0.6 is 0 Å². The fourth-order valence-electron chi connectivity index (χ4n) is 2.59. The summed E-state index contributed by atoms with van der Waals surface area (Å²) in [5.41, 5.74) is 4.25. The first-order chi connectivity index (χ1) is 9.06. The molecule has 0 bridgehead atoms. The van der Waals surface area contributed by atoms with E-state index in [-0.39, 0.29) is 0 Å². The van der Waals surface area contributed by atoms with Crippen molar-refractivity contribution in [2.45, 2.75) is 40.5 Å². The van der Waals surface area contributed by atoms with Crippen LogP contribution in [0.4, 0.5) is 0 Å². The molecular weight excluding hydrogens is 230 g/mol. The zero-order valence-electron chi connectivity index (χ0n) is 12.6. The molecule has 0 spiro atoms. The van der Waals surface area contributed by atoms with E-state index in [0.717, 1.165) is 12.8 Å². The molecule has 0 radical (unpaired) electrons. The average molecular weight is 255 g/mol. The Labute approximate surface area is 117 Å². The Hall–Kier alpha value is -1.50. The third kappa shape index (κ3) is 3.73. The lowest BCUT2D eigenvalue weighted by Crippen LogP contribution is -2.04. The Bertz CT molecular complexity index is 506. The zero-order chi connectivity index (χ0) is 13.8. The van der Waals surface area contributed by atoms with Crippen LogP contribution in [-0.2, 0) is 12.8 Å². The Kier molecular flexibility index (Phi) is 4.47. The molecule has 1 aromatic carbocycles. The summed E-state index contributed by atoms with van der Waals surface area (Å²) in [6.45, 7) is 9.13. The van der Waals surface area contributed by atoms with E-state index >= 15 is 0 Å². The molecule has 0 aliphatic heterocycles. The van der Waals surface area contributed by atoms with Gasteiger partial charge in [-0.2, -0.15) is 0 Å². The van der Waals surface area contributed by atoms with E-state index < -0.39 is 0 Å². The molecule has 2 rings (SSSR count). The number of hydrogen-bond donors (Lipinski definition) is 0. The number of nitrogens with zero attached hydrogens (tertiary/aromatic N) is 1. The number of aromatic nitrogens is 1. The van der Waals surface area contributed by atoms with Crippen LogP contribution in [0.5, 0.6) is 0 Å². The second kappa shape index (κ2) is 6.10. The second-order valence-corrected chi connectivity index (χ2v) is 6.25. The highest BCUT2D eigenvalue weighted by atomic mass is 14.9. The molecule has 0 fully saturated rings. The van der Waals surface area contributed by atoms with Gasteiger partial charge in [0.2, 0.25) is 0 Å². The van der Waals surface area contributed by atoms with E-state index in [1.165, 1.54) is 16.8 Å². The molecule has 1 heterocycles. The van der Waals surface area contributed by atoms with Gasteiger partial charge in [0.1, 0.15) is 0 Å². The van der Waals surface area contributed by atoms with Crippen molar-refractivity contribution in [3.05, 3.63) is 53.9 Å². The Morgan fingerprint density at radius 1 is 0.895 bits per heavy atom. The van der Waals surface area contributed by atoms with Crippen molar-refractivity contribution in [2.24, 2.45) is 11.8 Å². The minimum absolute atomic E-state index is 0.684. The molecule has 2 aromatic rings. The second-order valence-electron chi connectivity index (χ2n) is 6.25. The van der Waals surface area contributed by atoms with Gasteiger partial charge in [0.05, 0.1) is 0 Å². The van der Waals surface area contributed by atoms with Gasteiger partial charge in [-0.25, -0.2) is 0 Å². The molecular formula is C18H25N. The molecule has 0 unspecified atom stereocenters. The van der Waals surface area contributed by atoms with Gasteiger partial charge in [-0.15, -0.1) is 0 Å². The molecule has 0 saturated carbocycles. The van der Waals surface area contributed by atoms with Crippen molar-refractivity contribution in [1.29, 1.82) is 0 Å². The topological polar surface area (TPSA) is 4.93 Å². The number of rotatable bonds is 5. The maximum Gasteiger partial charge on any atom is 0.0481 e. The van der Waals surface area contributed by atoms with E-state index in [1.807, 2.05) is 0 Å². The summed E-state index contributed by atoms with van der Waals surface area (Å²) < 4.78 is 2.22. The van der Waals surface area contributed by atoms with Crippen LogP contribution in [-0.4, -0.2) is 4.57 Å².